The van der Waals surface area contributed by atoms with Crippen molar-refractivity contribution in [2.45, 2.75) is 30.6 Å². The molecule has 0 unspecified atom stereocenters. The first-order chi connectivity index (χ1) is 10.2. The van der Waals surface area contributed by atoms with E-state index in [1.165, 1.54) is 4.90 Å². The quantitative estimate of drug-likeness (QED) is 0.615. The number of thioether (sulfide) groups is 1. The van der Waals surface area contributed by atoms with E-state index in [0.717, 1.165) is 49.1 Å². The second-order valence-electron chi connectivity index (χ2n) is 5.47. The van der Waals surface area contributed by atoms with Crippen LogP contribution in [0.15, 0.2) is 33.6 Å². The number of rotatable bonds is 6. The van der Waals surface area contributed by atoms with Gasteiger partial charge in [0.15, 0.2) is 0 Å². The lowest BCUT2D eigenvalue weighted by Crippen LogP contribution is -2.40. The number of hydrogen-bond acceptors (Lipinski definition) is 3. The van der Waals surface area contributed by atoms with Gasteiger partial charge in [-0.3, -0.25) is 4.79 Å². The largest absolute Gasteiger partial charge is 0.343 e. The summed E-state index contributed by atoms with van der Waals surface area (Å²) in [5.41, 5.74) is 5.68. The number of amides is 1. The van der Waals surface area contributed by atoms with Gasteiger partial charge in [0.25, 0.3) is 0 Å². The normalized spacial score (nSPS) is 16.2. The van der Waals surface area contributed by atoms with Crippen LogP contribution in [0.5, 0.6) is 0 Å². The van der Waals surface area contributed by atoms with E-state index in [1.807, 2.05) is 16.7 Å². The predicted molar refractivity (Wildman–Crippen MR) is 92.5 cm³/mol. The number of nitrogens with zero attached hydrogens (tertiary/aromatic N) is 1. The van der Waals surface area contributed by atoms with Gasteiger partial charge in [-0.25, -0.2) is 0 Å². The van der Waals surface area contributed by atoms with Crippen LogP contribution in [0.25, 0.3) is 0 Å². The summed E-state index contributed by atoms with van der Waals surface area (Å²) < 4.78 is 1.10. The molecule has 1 aromatic carbocycles. The SMILES string of the molecule is NCC1CCN(C(=O)CCCSc2ccc(Br)cc2)CC1. The molecule has 2 rings (SSSR count). The number of carbonyl (C=O) groups is 1. The molecule has 0 saturated carbocycles. The summed E-state index contributed by atoms with van der Waals surface area (Å²) >= 11 is 5.25. The topological polar surface area (TPSA) is 46.3 Å². The summed E-state index contributed by atoms with van der Waals surface area (Å²) in [5.74, 6) is 1.91. The molecule has 1 amide bonds. The number of benzene rings is 1. The van der Waals surface area contributed by atoms with E-state index >= 15 is 0 Å². The Hall–Kier alpha value is -0.520. The maximum Gasteiger partial charge on any atom is 0.222 e. The molecule has 2 N–H and O–H groups in total. The third-order valence-electron chi connectivity index (χ3n) is 3.92. The lowest BCUT2D eigenvalue weighted by molar-refractivity contribution is -0.132. The summed E-state index contributed by atoms with van der Waals surface area (Å²) in [6.45, 7) is 2.53. The summed E-state index contributed by atoms with van der Waals surface area (Å²) in [6.07, 6.45) is 3.74. The lowest BCUT2D eigenvalue weighted by atomic mass is 9.97. The standard InChI is InChI=1S/C16H23BrN2OS/c17-14-3-5-15(6-4-14)21-11-1-2-16(20)19-9-7-13(12-18)8-10-19/h3-6,13H,1-2,7-12,18H2. The molecule has 1 aliphatic heterocycles. The van der Waals surface area contributed by atoms with Crippen LogP contribution in [0.4, 0.5) is 0 Å². The van der Waals surface area contributed by atoms with E-state index < -0.39 is 0 Å². The fraction of sp³-hybridized carbons (Fsp3) is 0.562. The average molecular weight is 371 g/mol. The minimum absolute atomic E-state index is 0.307. The van der Waals surface area contributed by atoms with Crippen LogP contribution in [0.3, 0.4) is 0 Å². The van der Waals surface area contributed by atoms with Crippen molar-refractivity contribution in [1.82, 2.24) is 4.90 Å². The van der Waals surface area contributed by atoms with Gasteiger partial charge in [-0.15, -0.1) is 11.8 Å². The molecule has 3 nitrogen and oxygen atoms in total. The van der Waals surface area contributed by atoms with Gasteiger partial charge >= 0.3 is 0 Å². The number of likely N-dealkylation sites (tertiary alicyclic amines) is 1. The number of halogens is 1. The van der Waals surface area contributed by atoms with E-state index in [0.29, 0.717) is 18.2 Å². The van der Waals surface area contributed by atoms with Gasteiger partial charge in [-0.05, 0) is 61.7 Å². The third-order valence-corrected chi connectivity index (χ3v) is 5.54. The molecular weight excluding hydrogens is 348 g/mol. The molecule has 0 aromatic heterocycles. The maximum atomic E-state index is 12.1. The van der Waals surface area contributed by atoms with Crippen LogP contribution < -0.4 is 5.73 Å². The minimum Gasteiger partial charge on any atom is -0.343 e. The van der Waals surface area contributed by atoms with Crippen LogP contribution in [0.1, 0.15) is 25.7 Å². The smallest absolute Gasteiger partial charge is 0.222 e. The van der Waals surface area contributed by atoms with Gasteiger partial charge < -0.3 is 10.6 Å². The molecule has 1 saturated heterocycles. The molecule has 1 heterocycles. The molecular formula is C16H23BrN2OS. The second-order valence-corrected chi connectivity index (χ2v) is 7.55. The van der Waals surface area contributed by atoms with Crippen LogP contribution >= 0.6 is 27.7 Å². The molecule has 116 valence electrons. The van der Waals surface area contributed by atoms with Crippen LogP contribution in [0.2, 0.25) is 0 Å². The van der Waals surface area contributed by atoms with Crippen molar-refractivity contribution >= 4 is 33.6 Å². The summed E-state index contributed by atoms with van der Waals surface area (Å²) in [6, 6.07) is 8.31. The highest BCUT2D eigenvalue weighted by atomic mass is 79.9. The first-order valence-corrected chi connectivity index (χ1v) is 9.33. The van der Waals surface area contributed by atoms with Gasteiger partial charge in [0.2, 0.25) is 5.91 Å². The van der Waals surface area contributed by atoms with E-state index in [4.69, 9.17) is 5.73 Å². The van der Waals surface area contributed by atoms with Gasteiger partial charge in [-0.2, -0.15) is 0 Å². The zero-order valence-electron chi connectivity index (χ0n) is 12.3. The molecule has 0 radical (unpaired) electrons. The van der Waals surface area contributed by atoms with Gasteiger partial charge in [-0.1, -0.05) is 15.9 Å². The van der Waals surface area contributed by atoms with Crippen LogP contribution in [-0.4, -0.2) is 36.2 Å². The lowest BCUT2D eigenvalue weighted by Gasteiger charge is -2.31. The highest BCUT2D eigenvalue weighted by molar-refractivity contribution is 9.10. The molecule has 5 heteroatoms. The predicted octanol–water partition coefficient (Wildman–Crippen LogP) is 3.52. The Morgan fingerprint density at radius 3 is 2.57 bits per heavy atom. The zero-order valence-corrected chi connectivity index (χ0v) is 14.7. The van der Waals surface area contributed by atoms with E-state index in [2.05, 4.69) is 40.2 Å². The van der Waals surface area contributed by atoms with Crippen LogP contribution in [-0.2, 0) is 4.79 Å². The summed E-state index contributed by atoms with van der Waals surface area (Å²) in [4.78, 5) is 15.4. The van der Waals surface area contributed by atoms with Crippen molar-refractivity contribution in [3.05, 3.63) is 28.7 Å². The molecule has 0 spiro atoms. The number of hydrogen-bond donors (Lipinski definition) is 1. The highest BCUT2D eigenvalue weighted by Gasteiger charge is 2.21. The Balaban J connectivity index is 1.62. The average Bonchev–Trinajstić information content (AvgIpc) is 2.53. The Bertz CT molecular complexity index is 444. The van der Waals surface area contributed by atoms with Crippen molar-refractivity contribution in [3.63, 3.8) is 0 Å². The third kappa shape index (κ3) is 5.64. The van der Waals surface area contributed by atoms with Gasteiger partial charge in [0.1, 0.15) is 0 Å². The Kier molecular flexibility index (Phi) is 7.07. The Morgan fingerprint density at radius 2 is 1.95 bits per heavy atom. The Morgan fingerprint density at radius 1 is 1.29 bits per heavy atom. The van der Waals surface area contributed by atoms with E-state index in [1.54, 1.807) is 0 Å². The zero-order chi connectivity index (χ0) is 15.1. The highest BCUT2D eigenvalue weighted by Crippen LogP contribution is 2.22. The first kappa shape index (κ1) is 16.8. The molecule has 0 bridgehead atoms. The number of piperidine rings is 1. The molecule has 1 aromatic rings. The summed E-state index contributed by atoms with van der Waals surface area (Å²) in [5, 5.41) is 0. The molecule has 1 fully saturated rings. The minimum atomic E-state index is 0.307. The monoisotopic (exact) mass is 370 g/mol. The van der Waals surface area contributed by atoms with Crippen molar-refractivity contribution in [2.24, 2.45) is 11.7 Å². The van der Waals surface area contributed by atoms with Crippen molar-refractivity contribution in [2.75, 3.05) is 25.4 Å². The van der Waals surface area contributed by atoms with E-state index in [-0.39, 0.29) is 0 Å². The Labute approximate surface area is 139 Å². The van der Waals surface area contributed by atoms with Crippen molar-refractivity contribution < 1.29 is 4.79 Å². The number of carbonyl (C=O) groups excluding carboxylic acids is 1. The fourth-order valence-electron chi connectivity index (χ4n) is 2.52. The fourth-order valence-corrected chi connectivity index (χ4v) is 3.64. The van der Waals surface area contributed by atoms with Crippen molar-refractivity contribution in [3.8, 4) is 0 Å². The van der Waals surface area contributed by atoms with Crippen LogP contribution in [0, 0.1) is 5.92 Å². The second kappa shape index (κ2) is 8.81. The van der Waals surface area contributed by atoms with Gasteiger partial charge in [0.05, 0.1) is 0 Å². The molecule has 0 atom stereocenters. The molecule has 1 aliphatic rings. The van der Waals surface area contributed by atoms with E-state index in [9.17, 15) is 4.79 Å². The number of nitrogens with two attached hydrogens (primary N) is 1. The van der Waals surface area contributed by atoms with Gasteiger partial charge in [0, 0.05) is 28.9 Å². The maximum absolute atomic E-state index is 12.1. The summed E-state index contributed by atoms with van der Waals surface area (Å²) in [7, 11) is 0. The molecule has 0 aliphatic carbocycles. The molecule has 21 heavy (non-hydrogen) atoms. The first-order valence-electron chi connectivity index (χ1n) is 7.55. The van der Waals surface area contributed by atoms with Crippen molar-refractivity contribution in [1.29, 1.82) is 0 Å².